The largest absolute Gasteiger partial charge is 0.309 e. The van der Waals surface area contributed by atoms with Gasteiger partial charge in [0.15, 0.2) is 0 Å². The number of aromatic nitrogens is 2. The average molecular weight is 499 g/mol. The van der Waals surface area contributed by atoms with E-state index in [1.807, 2.05) is 42.6 Å². The predicted molar refractivity (Wildman–Crippen MR) is 131 cm³/mol. The molecule has 0 saturated carbocycles. The van der Waals surface area contributed by atoms with Crippen LogP contribution in [-0.2, 0) is 10.0 Å². The summed E-state index contributed by atoms with van der Waals surface area (Å²) in [6, 6.07) is 14.9. The Kier molecular flexibility index (Phi) is 6.07. The molecule has 0 aliphatic carbocycles. The number of sulfonamides is 1. The molecular formula is C24H23FN4O3S2. The van der Waals surface area contributed by atoms with E-state index in [1.165, 1.54) is 33.8 Å². The van der Waals surface area contributed by atoms with E-state index in [1.54, 1.807) is 0 Å². The fourth-order valence-corrected chi connectivity index (χ4v) is 6.73. The fraction of sp³-hybridized carbons (Fsp3) is 0.250. The lowest BCUT2D eigenvalue weighted by molar-refractivity contribution is 0.141. The lowest BCUT2D eigenvalue weighted by atomic mass is 10.1. The van der Waals surface area contributed by atoms with E-state index in [4.69, 9.17) is 4.98 Å². The first-order valence-corrected chi connectivity index (χ1v) is 13.2. The van der Waals surface area contributed by atoms with Crippen molar-refractivity contribution < 1.29 is 12.8 Å². The number of piperazine rings is 1. The molecular weight excluding hydrogens is 475 g/mol. The molecule has 1 aliphatic heterocycles. The van der Waals surface area contributed by atoms with Crippen LogP contribution in [0.4, 0.5) is 4.39 Å². The molecule has 34 heavy (non-hydrogen) atoms. The molecule has 1 saturated heterocycles. The minimum absolute atomic E-state index is 0.187. The normalized spacial score (nSPS) is 16.6. The third kappa shape index (κ3) is 4.07. The summed E-state index contributed by atoms with van der Waals surface area (Å²) in [4.78, 5) is 23.1. The Balaban J connectivity index is 1.35. The van der Waals surface area contributed by atoms with Gasteiger partial charge >= 0.3 is 0 Å². The highest BCUT2D eigenvalue weighted by molar-refractivity contribution is 7.89. The number of thiophene rings is 1. The van der Waals surface area contributed by atoms with Crippen molar-refractivity contribution in [1.82, 2.24) is 19.2 Å². The zero-order chi connectivity index (χ0) is 23.9. The molecule has 10 heteroatoms. The van der Waals surface area contributed by atoms with E-state index < -0.39 is 15.8 Å². The Bertz CT molecular complexity index is 1490. The monoisotopic (exact) mass is 498 g/mol. The summed E-state index contributed by atoms with van der Waals surface area (Å²) < 4.78 is 41.1. The van der Waals surface area contributed by atoms with Crippen LogP contribution < -0.4 is 5.56 Å². The molecule has 2 aromatic heterocycles. The van der Waals surface area contributed by atoms with Crippen molar-refractivity contribution in [2.24, 2.45) is 0 Å². The molecule has 3 heterocycles. The summed E-state index contributed by atoms with van der Waals surface area (Å²) >= 11 is 1.43. The Morgan fingerprint density at radius 2 is 1.71 bits per heavy atom. The molecule has 1 atom stereocenters. The summed E-state index contributed by atoms with van der Waals surface area (Å²) in [7, 11) is -3.91. The van der Waals surface area contributed by atoms with Gasteiger partial charge in [0.25, 0.3) is 5.56 Å². The van der Waals surface area contributed by atoms with Crippen molar-refractivity contribution in [2.75, 3.05) is 26.2 Å². The molecule has 1 aliphatic rings. The lowest BCUT2D eigenvalue weighted by Crippen LogP contribution is -2.49. The van der Waals surface area contributed by atoms with Crippen LogP contribution in [0.3, 0.4) is 0 Å². The molecule has 4 aromatic rings. The van der Waals surface area contributed by atoms with Crippen molar-refractivity contribution in [3.63, 3.8) is 0 Å². The Labute approximate surface area is 200 Å². The first-order chi connectivity index (χ1) is 16.4. The van der Waals surface area contributed by atoms with Crippen LogP contribution >= 0.6 is 11.3 Å². The van der Waals surface area contributed by atoms with Crippen molar-refractivity contribution in [3.05, 3.63) is 82.0 Å². The summed E-state index contributed by atoms with van der Waals surface area (Å²) in [6.45, 7) is 3.28. The number of benzene rings is 2. The topological polar surface area (TPSA) is 86.4 Å². The highest BCUT2D eigenvalue weighted by Gasteiger charge is 2.32. The summed E-state index contributed by atoms with van der Waals surface area (Å²) in [5.41, 5.74) is 1.64. The van der Waals surface area contributed by atoms with Gasteiger partial charge in [-0.15, -0.1) is 11.3 Å². The predicted octanol–water partition coefficient (Wildman–Crippen LogP) is 3.86. The van der Waals surface area contributed by atoms with Crippen LogP contribution in [0, 0.1) is 5.82 Å². The standard InChI is InChI=1S/C24H23FN4O3S2/c1-16(28-11-13-29(14-12-28)34(31,32)20-10-6-5-9-19(20)25)22-26-23(30)21-18(15-33-24(21)27-22)17-7-3-2-4-8-17/h2-10,15-16H,11-14H2,1H3,(H,26,27,30)/t16-/m0/s1. The molecule has 2 aromatic carbocycles. The third-order valence-corrected chi connectivity index (χ3v) is 9.02. The van der Waals surface area contributed by atoms with Crippen LogP contribution in [0.2, 0.25) is 0 Å². The second-order valence-electron chi connectivity index (χ2n) is 8.19. The second kappa shape index (κ2) is 9.03. The Hall–Kier alpha value is -2.92. The SMILES string of the molecule is C[C@@H](c1nc2scc(-c3ccccc3)c2c(=O)[nH]1)N1CCN(S(=O)(=O)c2ccccc2F)CC1. The maximum absolute atomic E-state index is 14.1. The van der Waals surface area contributed by atoms with Gasteiger partial charge < -0.3 is 4.98 Å². The van der Waals surface area contributed by atoms with E-state index in [0.29, 0.717) is 29.1 Å². The quantitative estimate of drug-likeness (QED) is 0.452. The van der Waals surface area contributed by atoms with Crippen LogP contribution in [0.1, 0.15) is 18.8 Å². The minimum atomic E-state index is -3.91. The van der Waals surface area contributed by atoms with Gasteiger partial charge in [0.05, 0.1) is 11.4 Å². The van der Waals surface area contributed by atoms with Gasteiger partial charge in [0, 0.05) is 37.1 Å². The van der Waals surface area contributed by atoms with Crippen LogP contribution in [0.25, 0.3) is 21.3 Å². The van der Waals surface area contributed by atoms with Gasteiger partial charge in [0.1, 0.15) is 21.4 Å². The number of rotatable bonds is 5. The van der Waals surface area contributed by atoms with Gasteiger partial charge in [-0.2, -0.15) is 4.31 Å². The van der Waals surface area contributed by atoms with Gasteiger partial charge in [-0.3, -0.25) is 9.69 Å². The molecule has 176 valence electrons. The van der Waals surface area contributed by atoms with Crippen molar-refractivity contribution in [1.29, 1.82) is 0 Å². The molecule has 7 nitrogen and oxygen atoms in total. The molecule has 0 bridgehead atoms. The van der Waals surface area contributed by atoms with E-state index >= 15 is 0 Å². The summed E-state index contributed by atoms with van der Waals surface area (Å²) in [5.74, 6) is -0.205. The highest BCUT2D eigenvalue weighted by atomic mass is 32.2. The van der Waals surface area contributed by atoms with E-state index in [2.05, 4.69) is 9.88 Å². The summed E-state index contributed by atoms with van der Waals surface area (Å²) in [5, 5.41) is 2.52. The number of hydrogen-bond donors (Lipinski definition) is 1. The third-order valence-electron chi connectivity index (χ3n) is 6.22. The fourth-order valence-electron chi connectivity index (χ4n) is 4.29. The maximum Gasteiger partial charge on any atom is 0.260 e. The Morgan fingerprint density at radius 1 is 1.03 bits per heavy atom. The van der Waals surface area contributed by atoms with Crippen molar-refractivity contribution >= 4 is 31.6 Å². The molecule has 1 N–H and O–H groups in total. The zero-order valence-corrected chi connectivity index (χ0v) is 20.1. The molecule has 0 spiro atoms. The number of hydrogen-bond acceptors (Lipinski definition) is 6. The molecule has 0 unspecified atom stereocenters. The maximum atomic E-state index is 14.1. The van der Waals surface area contributed by atoms with Gasteiger partial charge in [0.2, 0.25) is 10.0 Å². The molecule has 5 rings (SSSR count). The van der Waals surface area contributed by atoms with Crippen LogP contribution in [0.5, 0.6) is 0 Å². The van der Waals surface area contributed by atoms with E-state index in [0.717, 1.165) is 17.2 Å². The lowest BCUT2D eigenvalue weighted by Gasteiger charge is -2.36. The van der Waals surface area contributed by atoms with Crippen molar-refractivity contribution in [3.8, 4) is 11.1 Å². The van der Waals surface area contributed by atoms with E-state index in [-0.39, 0.29) is 29.6 Å². The van der Waals surface area contributed by atoms with E-state index in [9.17, 15) is 17.6 Å². The number of aromatic amines is 1. The number of nitrogens with zero attached hydrogens (tertiary/aromatic N) is 3. The van der Waals surface area contributed by atoms with Crippen LogP contribution in [0.15, 0.2) is 69.7 Å². The molecule has 0 amide bonds. The Morgan fingerprint density at radius 3 is 2.41 bits per heavy atom. The first-order valence-electron chi connectivity index (χ1n) is 10.9. The summed E-state index contributed by atoms with van der Waals surface area (Å²) in [6.07, 6.45) is 0. The number of fused-ring (bicyclic) bond motifs is 1. The molecule has 0 radical (unpaired) electrons. The number of halogens is 1. The number of H-pyrrole nitrogens is 1. The second-order valence-corrected chi connectivity index (χ2v) is 11.0. The van der Waals surface area contributed by atoms with Gasteiger partial charge in [-0.1, -0.05) is 42.5 Å². The number of nitrogens with one attached hydrogen (secondary N) is 1. The zero-order valence-electron chi connectivity index (χ0n) is 18.4. The van der Waals surface area contributed by atoms with Gasteiger partial charge in [-0.05, 0) is 24.6 Å². The van der Waals surface area contributed by atoms with Crippen molar-refractivity contribution in [2.45, 2.75) is 17.9 Å². The average Bonchev–Trinajstić information content (AvgIpc) is 3.29. The van der Waals surface area contributed by atoms with Gasteiger partial charge in [-0.25, -0.2) is 17.8 Å². The smallest absolute Gasteiger partial charge is 0.260 e. The highest BCUT2D eigenvalue weighted by Crippen LogP contribution is 2.31. The van der Waals surface area contributed by atoms with Crippen LogP contribution in [-0.4, -0.2) is 53.8 Å². The first kappa shape index (κ1) is 22.9. The molecule has 1 fully saturated rings. The minimum Gasteiger partial charge on any atom is -0.309 e.